The zero-order valence-corrected chi connectivity index (χ0v) is 10.5. The summed E-state index contributed by atoms with van der Waals surface area (Å²) in [5.74, 6) is 0. The molecule has 0 aliphatic carbocycles. The third kappa shape index (κ3) is 1.97. The molecule has 0 saturated carbocycles. The van der Waals surface area contributed by atoms with Crippen LogP contribution in [0.25, 0.3) is 0 Å². The molecule has 1 heterocycles. The van der Waals surface area contributed by atoms with Crippen molar-refractivity contribution in [2.75, 3.05) is 0 Å². The van der Waals surface area contributed by atoms with Gasteiger partial charge in [-0.15, -0.1) is 0 Å². The Labute approximate surface area is 98.0 Å². The molecule has 1 aromatic rings. The van der Waals surface area contributed by atoms with Gasteiger partial charge in [-0.05, 0) is 36.1 Å². The van der Waals surface area contributed by atoms with Crippen molar-refractivity contribution in [2.45, 2.75) is 32.4 Å². The summed E-state index contributed by atoms with van der Waals surface area (Å²) in [6.45, 7) is 3.14. The van der Waals surface area contributed by atoms with Crippen LogP contribution in [0.15, 0.2) is 16.6 Å². The lowest BCUT2D eigenvalue weighted by molar-refractivity contribution is 0.468. The van der Waals surface area contributed by atoms with Crippen LogP contribution in [0.5, 0.6) is 0 Å². The van der Waals surface area contributed by atoms with E-state index in [0.29, 0.717) is 6.04 Å². The Morgan fingerprint density at radius 2 is 2.36 bits per heavy atom. The lowest BCUT2D eigenvalue weighted by Crippen LogP contribution is -2.35. The summed E-state index contributed by atoms with van der Waals surface area (Å²) in [4.78, 5) is 0. The normalized spacial score (nSPS) is 20.6. The fourth-order valence-electron chi connectivity index (χ4n) is 1.90. The third-order valence-corrected chi connectivity index (χ3v) is 3.57. The predicted molar refractivity (Wildman–Crippen MR) is 63.8 cm³/mol. The van der Waals surface area contributed by atoms with Gasteiger partial charge in [0, 0.05) is 22.1 Å². The molecule has 0 bridgehead atoms. The van der Waals surface area contributed by atoms with E-state index in [1.165, 1.54) is 11.1 Å². The Morgan fingerprint density at radius 1 is 1.57 bits per heavy atom. The predicted octanol–water partition coefficient (Wildman–Crippen LogP) is 3.53. The van der Waals surface area contributed by atoms with E-state index < -0.39 is 0 Å². The van der Waals surface area contributed by atoms with Crippen LogP contribution < -0.4 is 5.32 Å². The molecule has 0 spiro atoms. The van der Waals surface area contributed by atoms with E-state index in [-0.39, 0.29) is 0 Å². The highest BCUT2D eigenvalue weighted by Crippen LogP contribution is 2.29. The summed E-state index contributed by atoms with van der Waals surface area (Å²) in [5, 5.41) is 4.40. The molecular formula is C11H13BrClN. The second-order valence-electron chi connectivity index (χ2n) is 3.72. The second kappa shape index (κ2) is 4.21. The zero-order valence-electron chi connectivity index (χ0n) is 8.11. The van der Waals surface area contributed by atoms with Gasteiger partial charge in [-0.2, -0.15) is 0 Å². The van der Waals surface area contributed by atoms with Crippen LogP contribution in [0.3, 0.4) is 0 Å². The molecule has 0 amide bonds. The maximum atomic E-state index is 6.21. The average Bonchev–Trinajstić information content (AvgIpc) is 2.17. The molecule has 0 saturated heterocycles. The highest BCUT2D eigenvalue weighted by atomic mass is 79.9. The van der Waals surface area contributed by atoms with Crippen molar-refractivity contribution < 1.29 is 0 Å². The number of fused-ring (bicyclic) bond motifs is 1. The van der Waals surface area contributed by atoms with Gasteiger partial charge in [0.1, 0.15) is 0 Å². The zero-order chi connectivity index (χ0) is 10.1. The van der Waals surface area contributed by atoms with Crippen LogP contribution in [-0.2, 0) is 13.0 Å². The molecule has 1 nitrogen and oxygen atoms in total. The van der Waals surface area contributed by atoms with Crippen molar-refractivity contribution in [3.63, 3.8) is 0 Å². The summed E-state index contributed by atoms with van der Waals surface area (Å²) in [5.41, 5.74) is 2.65. The molecule has 76 valence electrons. The number of nitrogens with one attached hydrogen (secondary N) is 1. The maximum Gasteiger partial charge on any atom is 0.0453 e. The number of halogens is 2. The van der Waals surface area contributed by atoms with Crippen LogP contribution in [0.1, 0.15) is 24.5 Å². The number of benzene rings is 1. The Hall–Kier alpha value is -0.0500. The van der Waals surface area contributed by atoms with Gasteiger partial charge in [0.05, 0.1) is 0 Å². The molecule has 0 aromatic heterocycles. The minimum absolute atomic E-state index is 0.584. The summed E-state index contributed by atoms with van der Waals surface area (Å²) in [7, 11) is 0. The van der Waals surface area contributed by atoms with Crippen LogP contribution in [0.4, 0.5) is 0 Å². The van der Waals surface area contributed by atoms with E-state index in [2.05, 4.69) is 34.2 Å². The minimum atomic E-state index is 0.584. The van der Waals surface area contributed by atoms with E-state index >= 15 is 0 Å². The Balaban J connectivity index is 2.37. The van der Waals surface area contributed by atoms with E-state index in [9.17, 15) is 0 Å². The van der Waals surface area contributed by atoms with Gasteiger partial charge in [0.2, 0.25) is 0 Å². The van der Waals surface area contributed by atoms with E-state index in [4.69, 9.17) is 11.6 Å². The number of hydrogen-bond acceptors (Lipinski definition) is 1. The smallest absolute Gasteiger partial charge is 0.0453 e. The lowest BCUT2D eigenvalue weighted by atomic mass is 9.94. The monoisotopic (exact) mass is 273 g/mol. The SMILES string of the molecule is CCC1Cc2c(Cl)cc(Br)cc2CN1. The van der Waals surface area contributed by atoms with E-state index in [1.807, 2.05) is 6.07 Å². The van der Waals surface area contributed by atoms with Crippen molar-refractivity contribution >= 4 is 27.5 Å². The van der Waals surface area contributed by atoms with Crippen LogP contribution in [0, 0.1) is 0 Å². The van der Waals surface area contributed by atoms with E-state index in [0.717, 1.165) is 28.9 Å². The van der Waals surface area contributed by atoms with Crippen molar-refractivity contribution in [1.29, 1.82) is 0 Å². The first-order chi connectivity index (χ1) is 6.70. The van der Waals surface area contributed by atoms with Crippen LogP contribution in [-0.4, -0.2) is 6.04 Å². The fraction of sp³-hybridized carbons (Fsp3) is 0.455. The Kier molecular flexibility index (Phi) is 3.15. The Bertz CT molecular complexity index is 351. The summed E-state index contributed by atoms with van der Waals surface area (Å²) in [6, 6.07) is 4.72. The minimum Gasteiger partial charge on any atom is -0.310 e. The highest BCUT2D eigenvalue weighted by Gasteiger charge is 2.18. The van der Waals surface area contributed by atoms with Gasteiger partial charge < -0.3 is 5.32 Å². The molecule has 1 atom stereocenters. The first-order valence-corrected chi connectivity index (χ1v) is 6.08. The lowest BCUT2D eigenvalue weighted by Gasteiger charge is -2.26. The molecule has 1 aromatic carbocycles. The van der Waals surface area contributed by atoms with Gasteiger partial charge in [0.15, 0.2) is 0 Å². The molecule has 1 N–H and O–H groups in total. The molecular weight excluding hydrogens is 261 g/mol. The topological polar surface area (TPSA) is 12.0 Å². The van der Waals surface area contributed by atoms with Crippen molar-refractivity contribution in [1.82, 2.24) is 5.32 Å². The molecule has 1 unspecified atom stereocenters. The van der Waals surface area contributed by atoms with Gasteiger partial charge in [-0.25, -0.2) is 0 Å². The molecule has 0 fully saturated rings. The first kappa shape index (κ1) is 10.5. The summed E-state index contributed by atoms with van der Waals surface area (Å²) >= 11 is 9.67. The third-order valence-electron chi connectivity index (χ3n) is 2.78. The van der Waals surface area contributed by atoms with Crippen molar-refractivity contribution in [3.05, 3.63) is 32.8 Å². The first-order valence-electron chi connectivity index (χ1n) is 4.91. The average molecular weight is 275 g/mol. The largest absolute Gasteiger partial charge is 0.310 e. The molecule has 1 aliphatic heterocycles. The molecule has 2 rings (SSSR count). The number of rotatable bonds is 1. The quantitative estimate of drug-likeness (QED) is 0.826. The maximum absolute atomic E-state index is 6.21. The van der Waals surface area contributed by atoms with Crippen molar-refractivity contribution in [3.8, 4) is 0 Å². The van der Waals surface area contributed by atoms with Crippen molar-refractivity contribution in [2.24, 2.45) is 0 Å². The van der Waals surface area contributed by atoms with Crippen LogP contribution in [0.2, 0.25) is 5.02 Å². The van der Waals surface area contributed by atoms with Gasteiger partial charge in [0.25, 0.3) is 0 Å². The summed E-state index contributed by atoms with van der Waals surface area (Å²) in [6.07, 6.45) is 2.21. The standard InChI is InChI=1S/C11H13BrClN/c1-2-9-5-10-7(6-14-9)3-8(12)4-11(10)13/h3-4,9,14H,2,5-6H2,1H3. The second-order valence-corrected chi connectivity index (χ2v) is 5.04. The molecule has 14 heavy (non-hydrogen) atoms. The Morgan fingerprint density at radius 3 is 3.07 bits per heavy atom. The highest BCUT2D eigenvalue weighted by molar-refractivity contribution is 9.10. The fourth-order valence-corrected chi connectivity index (χ4v) is 2.86. The van der Waals surface area contributed by atoms with Gasteiger partial charge in [-0.3, -0.25) is 0 Å². The number of hydrogen-bond donors (Lipinski definition) is 1. The van der Waals surface area contributed by atoms with Gasteiger partial charge in [-0.1, -0.05) is 34.5 Å². The van der Waals surface area contributed by atoms with E-state index in [1.54, 1.807) is 0 Å². The van der Waals surface area contributed by atoms with Crippen LogP contribution >= 0.6 is 27.5 Å². The van der Waals surface area contributed by atoms with Gasteiger partial charge >= 0.3 is 0 Å². The molecule has 1 aliphatic rings. The summed E-state index contributed by atoms with van der Waals surface area (Å²) < 4.78 is 1.07. The molecule has 3 heteroatoms. The molecule has 0 radical (unpaired) electrons.